The van der Waals surface area contributed by atoms with Crippen molar-refractivity contribution in [2.45, 2.75) is 0 Å². The molecule has 0 fully saturated rings. The zero-order valence-corrected chi connectivity index (χ0v) is 8.17. The molecule has 0 bridgehead atoms. The Hall–Kier alpha value is -0.150. The molecule has 0 aromatic heterocycles. The Labute approximate surface area is 72.1 Å². The highest BCUT2D eigenvalue weighted by Crippen LogP contribution is 2.17. The van der Waals surface area contributed by atoms with Crippen LogP contribution in [0.15, 0.2) is 34.7 Å². The van der Waals surface area contributed by atoms with E-state index in [2.05, 4.69) is 29.1 Å². The molecule has 0 saturated heterocycles. The lowest BCUT2D eigenvalue weighted by atomic mass is 10.5. The normalized spacial score (nSPS) is 14.4. The highest BCUT2D eigenvalue weighted by atomic mass is 79.9. The largest absolute Gasteiger partial charge is 0.255 e. The number of rotatable bonds is 3. The first-order valence-corrected chi connectivity index (χ1v) is 4.95. The molecule has 0 aromatic carbocycles. The van der Waals surface area contributed by atoms with Gasteiger partial charge in [0.1, 0.15) is 0 Å². The quantitative estimate of drug-likeness (QED) is 0.668. The van der Waals surface area contributed by atoms with Crippen LogP contribution in [0.3, 0.4) is 0 Å². The van der Waals surface area contributed by atoms with Gasteiger partial charge in [0.25, 0.3) is 0 Å². The van der Waals surface area contributed by atoms with Gasteiger partial charge in [-0.2, -0.15) is 0 Å². The van der Waals surface area contributed by atoms with Crippen LogP contribution in [0.2, 0.25) is 0 Å². The van der Waals surface area contributed by atoms with E-state index in [1.165, 1.54) is 0 Å². The summed E-state index contributed by atoms with van der Waals surface area (Å²) in [7, 11) is -0.999. The lowest BCUT2D eigenvalue weighted by molar-refractivity contribution is 0.691. The smallest absolute Gasteiger partial charge is 0.0503 e. The van der Waals surface area contributed by atoms with Gasteiger partial charge in [0, 0.05) is 15.6 Å². The van der Waals surface area contributed by atoms with Gasteiger partial charge in [-0.25, -0.2) is 0 Å². The molecule has 0 radical (unpaired) electrons. The number of allylic oxidation sites excluding steroid dienone is 3. The van der Waals surface area contributed by atoms with E-state index in [1.807, 2.05) is 0 Å². The third-order valence-corrected chi connectivity index (χ3v) is 2.80. The van der Waals surface area contributed by atoms with Crippen LogP contribution in [0.25, 0.3) is 0 Å². The van der Waals surface area contributed by atoms with E-state index in [-0.39, 0.29) is 0 Å². The van der Waals surface area contributed by atoms with E-state index >= 15 is 0 Å². The minimum absolute atomic E-state index is 0.583. The molecule has 10 heavy (non-hydrogen) atoms. The van der Waals surface area contributed by atoms with Crippen molar-refractivity contribution in [1.82, 2.24) is 0 Å². The topological polar surface area (TPSA) is 17.1 Å². The van der Waals surface area contributed by atoms with Gasteiger partial charge in [0.05, 0.1) is 10.8 Å². The second-order valence-corrected chi connectivity index (χ2v) is 3.88. The summed E-state index contributed by atoms with van der Waals surface area (Å²) in [5.74, 6) is 0. The summed E-state index contributed by atoms with van der Waals surface area (Å²) < 4.78 is 11.5. The molecular weight excluding hydrogens is 212 g/mol. The van der Waals surface area contributed by atoms with Gasteiger partial charge in [0.2, 0.25) is 0 Å². The average Bonchev–Trinajstić information content (AvgIpc) is 1.87. The van der Waals surface area contributed by atoms with Crippen molar-refractivity contribution in [3.63, 3.8) is 0 Å². The maximum absolute atomic E-state index is 10.8. The molecule has 3 heteroatoms. The van der Waals surface area contributed by atoms with Crippen LogP contribution in [0.1, 0.15) is 0 Å². The molecule has 1 unspecified atom stereocenters. The molecule has 1 atom stereocenters. The summed E-state index contributed by atoms with van der Waals surface area (Å²) in [5.41, 5.74) is 0. The fraction of sp³-hybridized carbons (Fsp3) is 0.143. The van der Waals surface area contributed by atoms with E-state index in [0.29, 0.717) is 4.91 Å². The molecule has 0 spiro atoms. The number of halogens is 1. The van der Waals surface area contributed by atoms with Gasteiger partial charge in [0.15, 0.2) is 0 Å². The fourth-order valence-corrected chi connectivity index (χ4v) is 1.55. The van der Waals surface area contributed by atoms with E-state index in [9.17, 15) is 4.21 Å². The molecule has 1 nitrogen and oxygen atoms in total. The average molecular weight is 221 g/mol. The maximum Gasteiger partial charge on any atom is 0.0503 e. The van der Waals surface area contributed by atoms with E-state index in [4.69, 9.17) is 0 Å². The highest BCUT2D eigenvalue weighted by molar-refractivity contribution is 9.12. The molecule has 0 aliphatic rings. The molecule has 0 aliphatic heterocycles. The van der Waals surface area contributed by atoms with Crippen LogP contribution in [-0.2, 0) is 10.8 Å². The van der Waals surface area contributed by atoms with Crippen LogP contribution in [0.4, 0.5) is 0 Å². The number of hydrogen-bond acceptors (Lipinski definition) is 1. The van der Waals surface area contributed by atoms with Crippen molar-refractivity contribution >= 4 is 26.7 Å². The van der Waals surface area contributed by atoms with Gasteiger partial charge in [-0.3, -0.25) is 4.21 Å². The fourth-order valence-electron chi connectivity index (χ4n) is 0.334. The van der Waals surface area contributed by atoms with Crippen molar-refractivity contribution in [2.24, 2.45) is 0 Å². The second kappa shape index (κ2) is 4.63. The molecule has 56 valence electrons. The van der Waals surface area contributed by atoms with Crippen LogP contribution >= 0.6 is 15.9 Å². The molecule has 0 amide bonds. The van der Waals surface area contributed by atoms with Gasteiger partial charge in [-0.1, -0.05) is 19.2 Å². The molecular formula is C7H9BrOS. The Kier molecular flexibility index (Phi) is 4.56. The maximum atomic E-state index is 10.8. The van der Waals surface area contributed by atoms with E-state index in [1.54, 1.807) is 18.4 Å². The Balaban J connectivity index is 4.36. The Morgan fingerprint density at radius 1 is 1.70 bits per heavy atom. The summed E-state index contributed by atoms with van der Waals surface area (Å²) in [5, 5.41) is 0. The Morgan fingerprint density at radius 2 is 2.20 bits per heavy atom. The van der Waals surface area contributed by atoms with Crippen molar-refractivity contribution in [2.75, 3.05) is 6.26 Å². The summed E-state index contributed by atoms with van der Waals surface area (Å²) in [6.45, 7) is 7.11. The van der Waals surface area contributed by atoms with Crippen molar-refractivity contribution in [1.29, 1.82) is 0 Å². The molecule has 0 rings (SSSR count). The summed E-state index contributed by atoms with van der Waals surface area (Å²) >= 11 is 3.20. The molecule has 0 aliphatic carbocycles. The standard InChI is InChI=1S/C7H9BrOS/c1-4-5-7(8)6(2)10(3)9/h4-5H,1-2H2,3H3/b7-5+. The second-order valence-electron chi connectivity index (χ2n) is 1.63. The first-order valence-electron chi connectivity index (χ1n) is 2.60. The third kappa shape index (κ3) is 3.13. The van der Waals surface area contributed by atoms with Crippen LogP contribution in [-0.4, -0.2) is 10.5 Å². The molecule has 0 saturated carbocycles. The Morgan fingerprint density at radius 3 is 2.50 bits per heavy atom. The molecule has 0 aromatic rings. The minimum Gasteiger partial charge on any atom is -0.255 e. The lowest BCUT2D eigenvalue weighted by Crippen LogP contribution is -1.88. The van der Waals surface area contributed by atoms with Gasteiger partial charge in [-0.05, 0) is 22.0 Å². The van der Waals surface area contributed by atoms with Crippen molar-refractivity contribution < 1.29 is 4.21 Å². The summed E-state index contributed by atoms with van der Waals surface area (Å²) in [4.78, 5) is 0.583. The van der Waals surface area contributed by atoms with E-state index in [0.717, 1.165) is 4.48 Å². The SMILES string of the molecule is C=C/C=C(/Br)C(=C)S(C)=O. The molecule has 0 heterocycles. The first kappa shape index (κ1) is 9.85. The predicted molar refractivity (Wildman–Crippen MR) is 50.4 cm³/mol. The van der Waals surface area contributed by atoms with Crippen LogP contribution in [0, 0.1) is 0 Å². The van der Waals surface area contributed by atoms with Crippen molar-refractivity contribution in [3.8, 4) is 0 Å². The lowest BCUT2D eigenvalue weighted by Gasteiger charge is -1.96. The number of hydrogen-bond donors (Lipinski definition) is 0. The Bertz CT molecular complexity index is 206. The van der Waals surface area contributed by atoms with E-state index < -0.39 is 10.8 Å². The minimum atomic E-state index is -0.999. The summed E-state index contributed by atoms with van der Waals surface area (Å²) in [6, 6.07) is 0. The van der Waals surface area contributed by atoms with Crippen LogP contribution in [0.5, 0.6) is 0 Å². The van der Waals surface area contributed by atoms with Gasteiger partial charge in [-0.15, -0.1) is 0 Å². The van der Waals surface area contributed by atoms with Gasteiger partial charge < -0.3 is 0 Å². The highest BCUT2D eigenvalue weighted by Gasteiger charge is 2.00. The zero-order valence-electron chi connectivity index (χ0n) is 5.76. The zero-order chi connectivity index (χ0) is 8.15. The first-order chi connectivity index (χ1) is 4.59. The van der Waals surface area contributed by atoms with Crippen molar-refractivity contribution in [3.05, 3.63) is 34.7 Å². The predicted octanol–water partition coefficient (Wildman–Crippen LogP) is 2.34. The third-order valence-electron chi connectivity index (χ3n) is 0.878. The summed E-state index contributed by atoms with van der Waals surface area (Å²) in [6.07, 6.45) is 4.91. The molecule has 0 N–H and O–H groups in total. The van der Waals surface area contributed by atoms with Gasteiger partial charge >= 0.3 is 0 Å². The van der Waals surface area contributed by atoms with Crippen LogP contribution < -0.4 is 0 Å². The monoisotopic (exact) mass is 220 g/mol.